The van der Waals surface area contributed by atoms with Crippen LogP contribution in [0.3, 0.4) is 0 Å². The third-order valence-corrected chi connectivity index (χ3v) is 7.06. The molecule has 3 atom stereocenters. The number of carbonyl (C=O) groups is 3. The second-order valence-corrected chi connectivity index (χ2v) is 9.38. The number of allylic oxidation sites excluding steroid dienone is 2. The molecule has 0 bridgehead atoms. The van der Waals surface area contributed by atoms with E-state index in [1.165, 1.54) is 19.3 Å². The lowest BCUT2D eigenvalue weighted by Crippen LogP contribution is -2.72. The van der Waals surface area contributed by atoms with Crippen LogP contribution in [-0.4, -0.2) is 62.4 Å². The molecule has 0 saturated carbocycles. The minimum absolute atomic E-state index is 0.189. The standard InChI is InChI=1S/C27H49NO6/c1-5-9-10-11-12-13-14-15-16-17-18-19-20-21-28(22(6-2)25(29)30,23(7-3)26(31)32)24(8-4)27(33)34/h12-13,22-24H,5-11,14-21H2,1-4H3,(H2-,29,30,31,32,33,34)/p+1/b13-12+. The Labute approximate surface area is 206 Å². The molecule has 0 rings (SSSR count). The summed E-state index contributed by atoms with van der Waals surface area (Å²) in [5.74, 6) is -3.36. The first kappa shape index (κ1) is 32.1. The molecule has 34 heavy (non-hydrogen) atoms. The zero-order valence-electron chi connectivity index (χ0n) is 22.0. The van der Waals surface area contributed by atoms with Gasteiger partial charge in [-0.2, -0.15) is 0 Å². The van der Waals surface area contributed by atoms with E-state index < -0.39 is 40.5 Å². The lowest BCUT2D eigenvalue weighted by Gasteiger charge is -2.49. The quantitative estimate of drug-likeness (QED) is 0.0950. The predicted molar refractivity (Wildman–Crippen MR) is 136 cm³/mol. The van der Waals surface area contributed by atoms with E-state index in [1.807, 2.05) is 0 Å². The number of rotatable bonds is 22. The van der Waals surface area contributed by atoms with Crippen LogP contribution in [0.25, 0.3) is 0 Å². The van der Waals surface area contributed by atoms with Crippen LogP contribution < -0.4 is 0 Å². The van der Waals surface area contributed by atoms with Crippen molar-refractivity contribution in [1.29, 1.82) is 0 Å². The monoisotopic (exact) mass is 484 g/mol. The Kier molecular flexibility index (Phi) is 17.4. The van der Waals surface area contributed by atoms with Gasteiger partial charge < -0.3 is 15.3 Å². The number of hydrogen-bond acceptors (Lipinski definition) is 3. The number of carboxylic acids is 3. The molecule has 0 aliphatic heterocycles. The number of hydrogen-bond donors (Lipinski definition) is 3. The van der Waals surface area contributed by atoms with Gasteiger partial charge in [0.1, 0.15) is 0 Å². The van der Waals surface area contributed by atoms with E-state index in [-0.39, 0.29) is 25.8 Å². The maximum atomic E-state index is 12.2. The normalized spacial score (nSPS) is 16.1. The van der Waals surface area contributed by atoms with Gasteiger partial charge in [0.15, 0.2) is 18.1 Å². The summed E-state index contributed by atoms with van der Waals surface area (Å²) in [6, 6.07) is -3.19. The molecule has 0 aliphatic rings. The number of aliphatic carboxylic acids is 3. The summed E-state index contributed by atoms with van der Waals surface area (Å²) in [6.07, 6.45) is 17.0. The highest BCUT2D eigenvalue weighted by Gasteiger charge is 2.55. The minimum atomic E-state index is -1.12. The number of carboxylic acid groups (broad SMARTS) is 3. The smallest absolute Gasteiger partial charge is 0.362 e. The molecule has 0 aliphatic carbocycles. The Bertz CT molecular complexity index is 563. The summed E-state index contributed by atoms with van der Waals surface area (Å²) in [6.45, 7) is 7.56. The van der Waals surface area contributed by atoms with Crippen LogP contribution in [0.1, 0.15) is 118 Å². The Morgan fingerprint density at radius 3 is 1.29 bits per heavy atom. The maximum absolute atomic E-state index is 12.2. The number of nitrogens with zero attached hydrogens (tertiary/aromatic N) is 1. The molecule has 0 radical (unpaired) electrons. The van der Waals surface area contributed by atoms with Crippen LogP contribution in [0.5, 0.6) is 0 Å². The van der Waals surface area contributed by atoms with Crippen LogP contribution in [0.2, 0.25) is 0 Å². The van der Waals surface area contributed by atoms with Gasteiger partial charge in [0.2, 0.25) is 0 Å². The molecule has 7 nitrogen and oxygen atoms in total. The van der Waals surface area contributed by atoms with Crippen molar-refractivity contribution in [3.8, 4) is 0 Å². The van der Waals surface area contributed by atoms with Crippen molar-refractivity contribution >= 4 is 17.9 Å². The number of unbranched alkanes of at least 4 members (excludes halogenated alkanes) is 9. The molecule has 0 amide bonds. The second-order valence-electron chi connectivity index (χ2n) is 9.38. The highest BCUT2D eigenvalue weighted by atomic mass is 16.4. The van der Waals surface area contributed by atoms with Gasteiger partial charge in [-0.1, -0.05) is 72.0 Å². The largest absolute Gasteiger partial charge is 0.477 e. The molecule has 0 aromatic rings. The fourth-order valence-corrected chi connectivity index (χ4v) is 5.38. The lowest BCUT2D eigenvalue weighted by molar-refractivity contribution is -0.973. The molecular formula is C27H50NO6+. The van der Waals surface area contributed by atoms with Crippen LogP contribution in [0, 0.1) is 0 Å². The van der Waals surface area contributed by atoms with Crippen LogP contribution in [-0.2, 0) is 14.4 Å². The average molecular weight is 485 g/mol. The van der Waals surface area contributed by atoms with E-state index in [0.29, 0.717) is 6.42 Å². The molecule has 0 aromatic heterocycles. The van der Waals surface area contributed by atoms with Crippen molar-refractivity contribution in [2.75, 3.05) is 6.54 Å². The Morgan fingerprint density at radius 2 is 0.941 bits per heavy atom. The molecule has 3 unspecified atom stereocenters. The fourth-order valence-electron chi connectivity index (χ4n) is 5.38. The molecule has 0 heterocycles. The Morgan fingerprint density at radius 1 is 0.588 bits per heavy atom. The first-order valence-corrected chi connectivity index (χ1v) is 13.4. The molecule has 0 fully saturated rings. The third-order valence-electron chi connectivity index (χ3n) is 7.06. The summed E-state index contributed by atoms with van der Waals surface area (Å²) in [7, 11) is 0. The summed E-state index contributed by atoms with van der Waals surface area (Å²) in [5, 5.41) is 29.9. The van der Waals surface area contributed by atoms with Crippen molar-refractivity contribution in [1.82, 2.24) is 0 Å². The zero-order valence-corrected chi connectivity index (χ0v) is 22.0. The molecular weight excluding hydrogens is 434 g/mol. The van der Waals surface area contributed by atoms with E-state index in [2.05, 4.69) is 19.1 Å². The Balaban J connectivity index is 5.10. The fraction of sp³-hybridized carbons (Fsp3) is 0.815. The van der Waals surface area contributed by atoms with Crippen LogP contribution in [0.15, 0.2) is 12.2 Å². The molecule has 0 saturated heterocycles. The van der Waals surface area contributed by atoms with Gasteiger partial charge in [-0.25, -0.2) is 14.4 Å². The summed E-state index contributed by atoms with van der Waals surface area (Å²) >= 11 is 0. The third kappa shape index (κ3) is 10.2. The van der Waals surface area contributed by atoms with Crippen molar-refractivity contribution < 1.29 is 34.2 Å². The van der Waals surface area contributed by atoms with Crippen molar-refractivity contribution in [2.24, 2.45) is 0 Å². The lowest BCUT2D eigenvalue weighted by atomic mass is 9.93. The summed E-state index contributed by atoms with van der Waals surface area (Å²) in [5.41, 5.74) is 0. The van der Waals surface area contributed by atoms with E-state index in [0.717, 1.165) is 44.9 Å². The molecule has 198 valence electrons. The summed E-state index contributed by atoms with van der Waals surface area (Å²) < 4.78 is -0.410. The maximum Gasteiger partial charge on any atom is 0.362 e. The highest BCUT2D eigenvalue weighted by molar-refractivity contribution is 5.78. The Hall–Kier alpha value is -1.89. The predicted octanol–water partition coefficient (Wildman–Crippen LogP) is 6.26. The van der Waals surface area contributed by atoms with E-state index >= 15 is 0 Å². The highest BCUT2D eigenvalue weighted by Crippen LogP contribution is 2.32. The van der Waals surface area contributed by atoms with Crippen molar-refractivity contribution in [3.05, 3.63) is 12.2 Å². The van der Waals surface area contributed by atoms with Gasteiger partial charge in [-0.3, -0.25) is 4.48 Å². The van der Waals surface area contributed by atoms with Crippen LogP contribution in [0.4, 0.5) is 0 Å². The zero-order chi connectivity index (χ0) is 26.0. The minimum Gasteiger partial charge on any atom is -0.477 e. The molecule has 0 aromatic carbocycles. The van der Waals surface area contributed by atoms with Gasteiger partial charge in [0, 0.05) is 19.3 Å². The SMILES string of the molecule is CCCCC/C=C/CCCCCCCC[N+](C(CC)C(=O)O)(C(CC)C(=O)O)C(CC)C(=O)O. The first-order chi connectivity index (χ1) is 16.2. The van der Waals surface area contributed by atoms with E-state index in [4.69, 9.17) is 0 Å². The second kappa shape index (κ2) is 18.4. The van der Waals surface area contributed by atoms with Crippen molar-refractivity contribution in [2.45, 2.75) is 136 Å². The molecule has 3 N–H and O–H groups in total. The van der Waals surface area contributed by atoms with Gasteiger partial charge in [0.05, 0.1) is 6.54 Å². The average Bonchev–Trinajstić information content (AvgIpc) is 2.77. The van der Waals surface area contributed by atoms with Gasteiger partial charge >= 0.3 is 17.9 Å². The van der Waals surface area contributed by atoms with Gasteiger partial charge in [-0.05, 0) is 38.5 Å². The summed E-state index contributed by atoms with van der Waals surface area (Å²) in [4.78, 5) is 36.6. The molecule has 7 heteroatoms. The van der Waals surface area contributed by atoms with Gasteiger partial charge in [0.25, 0.3) is 0 Å². The topological polar surface area (TPSA) is 112 Å². The van der Waals surface area contributed by atoms with Crippen molar-refractivity contribution in [3.63, 3.8) is 0 Å². The molecule has 0 spiro atoms. The first-order valence-electron chi connectivity index (χ1n) is 13.4. The van der Waals surface area contributed by atoms with Gasteiger partial charge in [-0.15, -0.1) is 0 Å². The van der Waals surface area contributed by atoms with E-state index in [1.54, 1.807) is 20.8 Å². The number of quaternary nitrogens is 1. The van der Waals surface area contributed by atoms with Crippen LogP contribution >= 0.6 is 0 Å². The van der Waals surface area contributed by atoms with E-state index in [9.17, 15) is 29.7 Å².